The van der Waals surface area contributed by atoms with E-state index in [4.69, 9.17) is 10.8 Å². The van der Waals surface area contributed by atoms with E-state index in [0.717, 1.165) is 25.8 Å². The number of nitrogens with two attached hydrogens (primary N) is 1. The van der Waals surface area contributed by atoms with Crippen molar-refractivity contribution in [3.05, 3.63) is 0 Å². The fraction of sp³-hybridized carbons (Fsp3) is 0.900. The van der Waals surface area contributed by atoms with E-state index >= 15 is 0 Å². The lowest BCUT2D eigenvalue weighted by Gasteiger charge is -2.15. The fourth-order valence-corrected chi connectivity index (χ4v) is 1.44. The smallest absolute Gasteiger partial charge is 0.303 e. The molecule has 0 unspecified atom stereocenters. The van der Waals surface area contributed by atoms with Crippen molar-refractivity contribution in [2.24, 2.45) is 11.7 Å². The fourth-order valence-electron chi connectivity index (χ4n) is 1.44. The first-order chi connectivity index (χ1) is 6.56. The summed E-state index contributed by atoms with van der Waals surface area (Å²) in [5.41, 5.74) is 5.64. The van der Waals surface area contributed by atoms with Crippen molar-refractivity contribution in [2.45, 2.75) is 38.6 Å². The van der Waals surface area contributed by atoms with E-state index in [9.17, 15) is 4.79 Å². The highest BCUT2D eigenvalue weighted by atomic mass is 16.4. The third kappa shape index (κ3) is 8.01. The van der Waals surface area contributed by atoms with Gasteiger partial charge in [0.1, 0.15) is 0 Å². The van der Waals surface area contributed by atoms with E-state index in [0.29, 0.717) is 0 Å². The van der Waals surface area contributed by atoms with Gasteiger partial charge in [-0.15, -0.1) is 0 Å². The van der Waals surface area contributed by atoms with Gasteiger partial charge in [0.15, 0.2) is 0 Å². The Kier molecular flexibility index (Phi) is 7.42. The van der Waals surface area contributed by atoms with Gasteiger partial charge in [0.2, 0.25) is 0 Å². The molecule has 0 fully saturated rings. The van der Waals surface area contributed by atoms with E-state index < -0.39 is 5.97 Å². The van der Waals surface area contributed by atoms with Crippen LogP contribution in [0, 0.1) is 5.92 Å². The summed E-state index contributed by atoms with van der Waals surface area (Å²) in [7, 11) is 1.88. The number of hydrogen-bond acceptors (Lipinski definition) is 3. The average molecular weight is 202 g/mol. The monoisotopic (exact) mass is 202 g/mol. The highest BCUT2D eigenvalue weighted by molar-refractivity contribution is 5.66. The van der Waals surface area contributed by atoms with E-state index in [1.807, 2.05) is 14.0 Å². The first-order valence-corrected chi connectivity index (χ1v) is 5.18. The van der Waals surface area contributed by atoms with Gasteiger partial charge in [0.25, 0.3) is 0 Å². The lowest BCUT2D eigenvalue weighted by Crippen LogP contribution is -2.20. The Balaban J connectivity index is 3.78. The SMILES string of the molecule is CNCC[C@@H](CC[C@H](C)N)CC(=O)O. The van der Waals surface area contributed by atoms with Crippen LogP contribution in [0.5, 0.6) is 0 Å². The van der Waals surface area contributed by atoms with Gasteiger partial charge in [-0.2, -0.15) is 0 Å². The van der Waals surface area contributed by atoms with Gasteiger partial charge in [-0.05, 0) is 45.7 Å². The number of rotatable bonds is 8. The van der Waals surface area contributed by atoms with Crippen molar-refractivity contribution in [3.8, 4) is 0 Å². The van der Waals surface area contributed by atoms with Crippen LogP contribution >= 0.6 is 0 Å². The van der Waals surface area contributed by atoms with Crippen molar-refractivity contribution in [1.82, 2.24) is 5.32 Å². The Bertz CT molecular complexity index is 160. The van der Waals surface area contributed by atoms with Gasteiger partial charge in [0.05, 0.1) is 0 Å². The van der Waals surface area contributed by atoms with Crippen LogP contribution in [0.3, 0.4) is 0 Å². The first-order valence-electron chi connectivity index (χ1n) is 5.18. The topological polar surface area (TPSA) is 75.3 Å². The summed E-state index contributed by atoms with van der Waals surface area (Å²) < 4.78 is 0. The minimum absolute atomic E-state index is 0.167. The minimum Gasteiger partial charge on any atom is -0.481 e. The molecule has 0 aliphatic rings. The summed E-state index contributed by atoms with van der Waals surface area (Å²) >= 11 is 0. The summed E-state index contributed by atoms with van der Waals surface area (Å²) in [5, 5.41) is 11.7. The van der Waals surface area contributed by atoms with Gasteiger partial charge in [-0.3, -0.25) is 4.79 Å². The standard InChI is InChI=1S/C10H22N2O2/c1-8(11)3-4-9(5-6-12-2)7-10(13)14/h8-9,12H,3-7,11H2,1-2H3,(H,13,14)/t8-,9+/m0/s1. The maximum Gasteiger partial charge on any atom is 0.303 e. The number of carbonyl (C=O) groups is 1. The lowest BCUT2D eigenvalue weighted by atomic mass is 9.94. The summed E-state index contributed by atoms with van der Waals surface area (Å²) in [5.74, 6) is -0.457. The number of nitrogens with one attached hydrogen (secondary N) is 1. The molecule has 0 spiro atoms. The molecule has 2 atom stereocenters. The molecule has 0 saturated carbocycles. The lowest BCUT2D eigenvalue weighted by molar-refractivity contribution is -0.138. The van der Waals surface area contributed by atoms with Crippen LogP contribution in [-0.2, 0) is 4.79 Å². The molecule has 0 amide bonds. The Morgan fingerprint density at radius 3 is 2.50 bits per heavy atom. The molecule has 0 rings (SSSR count). The van der Waals surface area contributed by atoms with E-state index in [-0.39, 0.29) is 18.4 Å². The van der Waals surface area contributed by atoms with Crippen LogP contribution in [0.1, 0.15) is 32.6 Å². The number of hydrogen-bond donors (Lipinski definition) is 3. The van der Waals surface area contributed by atoms with Gasteiger partial charge in [-0.25, -0.2) is 0 Å². The van der Waals surface area contributed by atoms with Crippen LogP contribution < -0.4 is 11.1 Å². The zero-order valence-corrected chi connectivity index (χ0v) is 9.12. The molecule has 14 heavy (non-hydrogen) atoms. The number of carboxylic acid groups (broad SMARTS) is 1. The molecule has 0 aromatic carbocycles. The second-order valence-corrected chi connectivity index (χ2v) is 3.91. The maximum absolute atomic E-state index is 10.6. The molecule has 4 heteroatoms. The van der Waals surface area contributed by atoms with Crippen molar-refractivity contribution < 1.29 is 9.90 Å². The Labute approximate surface area is 85.9 Å². The largest absolute Gasteiger partial charge is 0.481 e. The van der Waals surface area contributed by atoms with E-state index in [2.05, 4.69) is 5.32 Å². The Morgan fingerprint density at radius 1 is 1.43 bits per heavy atom. The number of carboxylic acids is 1. The molecule has 4 nitrogen and oxygen atoms in total. The van der Waals surface area contributed by atoms with Crippen LogP contribution in [0.2, 0.25) is 0 Å². The molecule has 0 saturated heterocycles. The molecule has 0 aliphatic carbocycles. The third-order valence-corrected chi connectivity index (χ3v) is 2.30. The molecular weight excluding hydrogens is 180 g/mol. The average Bonchev–Trinajstić information content (AvgIpc) is 2.09. The van der Waals surface area contributed by atoms with Gasteiger partial charge < -0.3 is 16.2 Å². The van der Waals surface area contributed by atoms with Crippen LogP contribution in [0.4, 0.5) is 0 Å². The Morgan fingerprint density at radius 2 is 2.07 bits per heavy atom. The molecule has 0 aromatic rings. The van der Waals surface area contributed by atoms with Gasteiger partial charge >= 0.3 is 5.97 Å². The molecule has 0 aromatic heterocycles. The predicted octanol–water partition coefficient (Wildman–Crippen LogP) is 0.814. The predicted molar refractivity (Wildman–Crippen MR) is 57.2 cm³/mol. The molecule has 84 valence electrons. The highest BCUT2D eigenvalue weighted by Crippen LogP contribution is 2.16. The highest BCUT2D eigenvalue weighted by Gasteiger charge is 2.13. The molecule has 0 aliphatic heterocycles. The van der Waals surface area contributed by atoms with Crippen LogP contribution in [-0.4, -0.2) is 30.7 Å². The molecular formula is C10H22N2O2. The molecule has 4 N–H and O–H groups in total. The summed E-state index contributed by atoms with van der Waals surface area (Å²) in [4.78, 5) is 10.6. The van der Waals surface area contributed by atoms with Crippen LogP contribution in [0.15, 0.2) is 0 Å². The normalized spacial score (nSPS) is 15.1. The van der Waals surface area contributed by atoms with Crippen molar-refractivity contribution >= 4 is 5.97 Å². The van der Waals surface area contributed by atoms with Crippen molar-refractivity contribution in [3.63, 3.8) is 0 Å². The molecule has 0 heterocycles. The molecule has 0 bridgehead atoms. The van der Waals surface area contributed by atoms with Gasteiger partial charge in [0, 0.05) is 12.5 Å². The first kappa shape index (κ1) is 13.4. The maximum atomic E-state index is 10.6. The van der Waals surface area contributed by atoms with E-state index in [1.165, 1.54) is 0 Å². The second-order valence-electron chi connectivity index (χ2n) is 3.91. The third-order valence-electron chi connectivity index (χ3n) is 2.30. The quantitative estimate of drug-likeness (QED) is 0.544. The number of aliphatic carboxylic acids is 1. The Hall–Kier alpha value is -0.610. The summed E-state index contributed by atoms with van der Waals surface area (Å²) in [6.07, 6.45) is 2.98. The van der Waals surface area contributed by atoms with Gasteiger partial charge in [-0.1, -0.05) is 0 Å². The minimum atomic E-state index is -0.712. The molecule has 0 radical (unpaired) electrons. The summed E-state index contributed by atoms with van der Waals surface area (Å²) in [6.45, 7) is 2.83. The van der Waals surface area contributed by atoms with E-state index in [1.54, 1.807) is 0 Å². The summed E-state index contributed by atoms with van der Waals surface area (Å²) in [6, 6.07) is 0.167. The van der Waals surface area contributed by atoms with Crippen LogP contribution in [0.25, 0.3) is 0 Å². The second kappa shape index (κ2) is 7.76. The zero-order valence-electron chi connectivity index (χ0n) is 9.12. The van der Waals surface area contributed by atoms with Crippen molar-refractivity contribution in [1.29, 1.82) is 0 Å². The zero-order chi connectivity index (χ0) is 11.0. The van der Waals surface area contributed by atoms with Crippen molar-refractivity contribution in [2.75, 3.05) is 13.6 Å².